The van der Waals surface area contributed by atoms with Crippen LogP contribution >= 0.6 is 0 Å². The van der Waals surface area contributed by atoms with E-state index in [2.05, 4.69) is 78.0 Å². The Bertz CT molecular complexity index is 447. The van der Waals surface area contributed by atoms with Gasteiger partial charge in [-0.25, -0.2) is 0 Å². The molecule has 2 rings (SSSR count). The van der Waals surface area contributed by atoms with E-state index in [1.165, 1.54) is 0 Å². The van der Waals surface area contributed by atoms with E-state index >= 15 is 0 Å². The molecule has 0 fully saturated rings. The number of aliphatic hydroxyl groups is 1. The summed E-state index contributed by atoms with van der Waals surface area (Å²) in [6, 6.07) is 0. The number of hydrogen-bond acceptors (Lipinski definition) is 1. The molecule has 8 atom stereocenters. The summed E-state index contributed by atoms with van der Waals surface area (Å²) in [7, 11) is 0. The zero-order chi connectivity index (χ0) is 15.8. The van der Waals surface area contributed by atoms with E-state index in [9.17, 15) is 5.11 Å². The van der Waals surface area contributed by atoms with Crippen molar-refractivity contribution in [1.29, 1.82) is 0 Å². The standard InChI is InChI=1S/C20H32O/c1-13-7-8-15(3)19(17(13)5)11-12-20(21)16(4)10-9-14(2)18(20)6/h7-19,21H,1-6H3. The topological polar surface area (TPSA) is 20.2 Å². The first-order valence-electron chi connectivity index (χ1n) is 8.55. The van der Waals surface area contributed by atoms with Crippen LogP contribution in [0, 0.1) is 41.4 Å². The van der Waals surface area contributed by atoms with Gasteiger partial charge in [0, 0.05) is 5.92 Å². The lowest BCUT2D eigenvalue weighted by atomic mass is 9.67. The zero-order valence-electron chi connectivity index (χ0n) is 14.5. The Morgan fingerprint density at radius 3 is 2.05 bits per heavy atom. The maximum absolute atomic E-state index is 11.2. The molecule has 0 aliphatic heterocycles. The summed E-state index contributed by atoms with van der Waals surface area (Å²) in [5, 5.41) is 11.2. The molecule has 2 aliphatic carbocycles. The number of hydrogen-bond donors (Lipinski definition) is 1. The van der Waals surface area contributed by atoms with Crippen molar-refractivity contribution in [2.45, 2.75) is 47.1 Å². The molecule has 0 spiro atoms. The molecule has 0 heterocycles. The molecule has 0 amide bonds. The zero-order valence-corrected chi connectivity index (χ0v) is 14.5. The van der Waals surface area contributed by atoms with Crippen molar-refractivity contribution in [3.05, 3.63) is 36.5 Å². The van der Waals surface area contributed by atoms with Crippen LogP contribution in [0.3, 0.4) is 0 Å². The monoisotopic (exact) mass is 288 g/mol. The van der Waals surface area contributed by atoms with E-state index < -0.39 is 5.60 Å². The first-order chi connectivity index (χ1) is 9.77. The van der Waals surface area contributed by atoms with Gasteiger partial charge in [-0.3, -0.25) is 0 Å². The van der Waals surface area contributed by atoms with E-state index in [0.29, 0.717) is 29.6 Å². The average Bonchev–Trinajstić information content (AvgIpc) is 2.45. The van der Waals surface area contributed by atoms with Gasteiger partial charge in [-0.2, -0.15) is 0 Å². The minimum atomic E-state index is -0.710. The summed E-state index contributed by atoms with van der Waals surface area (Å²) < 4.78 is 0. The van der Waals surface area contributed by atoms with Crippen LogP contribution < -0.4 is 0 Å². The molecule has 0 saturated carbocycles. The highest BCUT2D eigenvalue weighted by atomic mass is 16.3. The van der Waals surface area contributed by atoms with Gasteiger partial charge in [-0.15, -0.1) is 0 Å². The van der Waals surface area contributed by atoms with Crippen molar-refractivity contribution < 1.29 is 5.11 Å². The summed E-state index contributed by atoms with van der Waals surface area (Å²) in [6.07, 6.45) is 13.5. The van der Waals surface area contributed by atoms with Crippen LogP contribution in [-0.2, 0) is 0 Å². The Morgan fingerprint density at radius 2 is 1.38 bits per heavy atom. The normalized spacial score (nSPS) is 50.7. The second-order valence-corrected chi connectivity index (χ2v) is 7.61. The molecule has 118 valence electrons. The highest BCUT2D eigenvalue weighted by molar-refractivity contribution is 5.19. The smallest absolute Gasteiger partial charge is 0.0918 e. The average molecular weight is 288 g/mol. The summed E-state index contributed by atoms with van der Waals surface area (Å²) in [4.78, 5) is 0. The van der Waals surface area contributed by atoms with Crippen LogP contribution in [0.4, 0.5) is 0 Å². The van der Waals surface area contributed by atoms with Crippen molar-refractivity contribution in [2.24, 2.45) is 41.4 Å². The SMILES string of the molecule is CC1C=CC(C)C(C=CC2(O)C(C)C=CC(C)C2C)C1C. The van der Waals surface area contributed by atoms with Gasteiger partial charge in [0.1, 0.15) is 0 Å². The molecule has 8 unspecified atom stereocenters. The highest BCUT2D eigenvalue weighted by Crippen LogP contribution is 2.40. The Kier molecular flexibility index (Phi) is 4.82. The molecule has 0 bridgehead atoms. The predicted molar refractivity (Wildman–Crippen MR) is 90.8 cm³/mol. The molecule has 0 saturated heterocycles. The lowest BCUT2D eigenvalue weighted by molar-refractivity contribution is -0.0185. The van der Waals surface area contributed by atoms with Crippen molar-refractivity contribution in [3.63, 3.8) is 0 Å². The minimum absolute atomic E-state index is 0.183. The van der Waals surface area contributed by atoms with E-state index in [0.717, 1.165) is 0 Å². The van der Waals surface area contributed by atoms with Crippen LogP contribution in [-0.4, -0.2) is 10.7 Å². The van der Waals surface area contributed by atoms with Crippen LogP contribution in [0.2, 0.25) is 0 Å². The second kappa shape index (κ2) is 6.12. The maximum atomic E-state index is 11.2. The summed E-state index contributed by atoms with van der Waals surface area (Å²) in [5.74, 6) is 3.19. The van der Waals surface area contributed by atoms with Crippen molar-refractivity contribution in [3.8, 4) is 0 Å². The lowest BCUT2D eigenvalue weighted by Gasteiger charge is -2.42. The fraction of sp³-hybridized carbons (Fsp3) is 0.700. The van der Waals surface area contributed by atoms with E-state index in [1.807, 2.05) is 0 Å². The number of allylic oxidation sites excluding steroid dienone is 4. The molecular weight excluding hydrogens is 256 g/mol. The van der Waals surface area contributed by atoms with Gasteiger partial charge in [-0.05, 0) is 35.5 Å². The Hall–Kier alpha value is -0.820. The molecule has 1 heteroatoms. The Morgan fingerprint density at radius 1 is 0.810 bits per heavy atom. The van der Waals surface area contributed by atoms with E-state index in [1.54, 1.807) is 0 Å². The minimum Gasteiger partial charge on any atom is -0.385 e. The largest absolute Gasteiger partial charge is 0.385 e. The third-order valence-electron chi connectivity index (χ3n) is 6.30. The van der Waals surface area contributed by atoms with Gasteiger partial charge in [0.05, 0.1) is 5.60 Å². The summed E-state index contributed by atoms with van der Waals surface area (Å²) >= 11 is 0. The molecule has 21 heavy (non-hydrogen) atoms. The fourth-order valence-electron chi connectivity index (χ4n) is 3.90. The quantitative estimate of drug-likeness (QED) is 0.720. The molecule has 1 N–H and O–H groups in total. The van der Waals surface area contributed by atoms with Gasteiger partial charge in [0.15, 0.2) is 0 Å². The maximum Gasteiger partial charge on any atom is 0.0918 e. The molecule has 0 aromatic rings. The Balaban J connectivity index is 2.23. The van der Waals surface area contributed by atoms with Crippen LogP contribution in [0.15, 0.2) is 36.5 Å². The molecule has 0 radical (unpaired) electrons. The van der Waals surface area contributed by atoms with Crippen LogP contribution in [0.5, 0.6) is 0 Å². The first kappa shape index (κ1) is 16.5. The van der Waals surface area contributed by atoms with Crippen LogP contribution in [0.25, 0.3) is 0 Å². The molecule has 2 aliphatic rings. The molecule has 1 nitrogen and oxygen atoms in total. The van der Waals surface area contributed by atoms with E-state index in [4.69, 9.17) is 0 Å². The summed E-state index contributed by atoms with van der Waals surface area (Å²) in [5.41, 5.74) is -0.710. The fourth-order valence-corrected chi connectivity index (χ4v) is 3.90. The predicted octanol–water partition coefficient (Wildman–Crippen LogP) is 4.85. The van der Waals surface area contributed by atoms with Gasteiger partial charge in [0.2, 0.25) is 0 Å². The van der Waals surface area contributed by atoms with Crippen molar-refractivity contribution >= 4 is 0 Å². The van der Waals surface area contributed by atoms with Crippen LogP contribution in [0.1, 0.15) is 41.5 Å². The van der Waals surface area contributed by atoms with Gasteiger partial charge >= 0.3 is 0 Å². The third kappa shape index (κ3) is 3.04. The second-order valence-electron chi connectivity index (χ2n) is 7.61. The molecule has 0 aromatic heterocycles. The summed E-state index contributed by atoms with van der Waals surface area (Å²) in [6.45, 7) is 13.4. The molecular formula is C20H32O. The van der Waals surface area contributed by atoms with Crippen molar-refractivity contribution in [2.75, 3.05) is 0 Å². The van der Waals surface area contributed by atoms with E-state index in [-0.39, 0.29) is 11.8 Å². The Labute approximate surface area is 130 Å². The van der Waals surface area contributed by atoms with Crippen molar-refractivity contribution in [1.82, 2.24) is 0 Å². The highest BCUT2D eigenvalue weighted by Gasteiger charge is 2.41. The van der Waals surface area contributed by atoms with Gasteiger partial charge in [-0.1, -0.05) is 78.0 Å². The third-order valence-corrected chi connectivity index (χ3v) is 6.30. The molecule has 0 aromatic carbocycles. The van der Waals surface area contributed by atoms with Gasteiger partial charge < -0.3 is 5.11 Å². The van der Waals surface area contributed by atoms with Gasteiger partial charge in [0.25, 0.3) is 0 Å². The first-order valence-corrected chi connectivity index (χ1v) is 8.55. The number of rotatable bonds is 2. The lowest BCUT2D eigenvalue weighted by Crippen LogP contribution is -2.45.